The lowest BCUT2D eigenvalue weighted by atomic mass is 10.1. The van der Waals surface area contributed by atoms with Crippen LogP contribution in [-0.4, -0.2) is 34.6 Å². The first-order valence-electron chi connectivity index (χ1n) is 8.82. The molecular formula is C22H20N4O. The summed E-state index contributed by atoms with van der Waals surface area (Å²) in [6.45, 7) is 0. The van der Waals surface area contributed by atoms with Gasteiger partial charge in [-0.3, -0.25) is 9.78 Å². The zero-order valence-corrected chi connectivity index (χ0v) is 15.3. The molecule has 0 amide bonds. The average Bonchev–Trinajstić information content (AvgIpc) is 3.14. The number of fused-ring (bicyclic) bond motifs is 1. The number of para-hydroxylation sites is 2. The van der Waals surface area contributed by atoms with Crippen LogP contribution >= 0.6 is 0 Å². The van der Waals surface area contributed by atoms with Gasteiger partial charge in [0.15, 0.2) is 5.78 Å². The van der Waals surface area contributed by atoms with E-state index in [2.05, 4.69) is 10.1 Å². The summed E-state index contributed by atoms with van der Waals surface area (Å²) in [5.41, 5.74) is 3.18. The van der Waals surface area contributed by atoms with Gasteiger partial charge in [0.1, 0.15) is 5.82 Å². The van der Waals surface area contributed by atoms with Gasteiger partial charge >= 0.3 is 0 Å². The van der Waals surface area contributed by atoms with Crippen LogP contribution in [0.4, 0.5) is 5.82 Å². The van der Waals surface area contributed by atoms with Gasteiger partial charge in [-0.2, -0.15) is 5.10 Å². The molecule has 0 N–H and O–H groups in total. The lowest BCUT2D eigenvalue weighted by Gasteiger charge is -2.16. The van der Waals surface area contributed by atoms with Crippen LogP contribution in [0.3, 0.4) is 0 Å². The Labute approximate surface area is 157 Å². The summed E-state index contributed by atoms with van der Waals surface area (Å²) in [6.07, 6.45) is 1.89. The Balaban J connectivity index is 1.68. The second-order valence-corrected chi connectivity index (χ2v) is 6.62. The van der Waals surface area contributed by atoms with Crippen LogP contribution in [0.2, 0.25) is 0 Å². The molecular weight excluding hydrogens is 336 g/mol. The van der Waals surface area contributed by atoms with E-state index in [1.807, 2.05) is 85.7 Å². The predicted molar refractivity (Wildman–Crippen MR) is 108 cm³/mol. The van der Waals surface area contributed by atoms with Gasteiger partial charge in [0.2, 0.25) is 0 Å². The van der Waals surface area contributed by atoms with Crippen LogP contribution in [0, 0.1) is 0 Å². The van der Waals surface area contributed by atoms with E-state index >= 15 is 0 Å². The molecule has 0 aliphatic carbocycles. The van der Waals surface area contributed by atoms with Crippen molar-refractivity contribution in [1.29, 1.82) is 0 Å². The Morgan fingerprint density at radius 3 is 2.48 bits per heavy atom. The largest absolute Gasteiger partial charge is 0.362 e. The molecule has 0 radical (unpaired) electrons. The number of Topliss-reactive ketones (excluding diaryl/α,β-unsaturated/α-hetero) is 1. The number of anilines is 1. The molecule has 0 saturated carbocycles. The minimum atomic E-state index is 0.00339. The molecule has 0 aliphatic heterocycles. The van der Waals surface area contributed by atoms with Crippen molar-refractivity contribution in [3.63, 3.8) is 0 Å². The molecule has 0 fully saturated rings. The summed E-state index contributed by atoms with van der Waals surface area (Å²) in [6, 6.07) is 21.6. The van der Waals surface area contributed by atoms with Crippen molar-refractivity contribution < 1.29 is 4.79 Å². The van der Waals surface area contributed by atoms with Gasteiger partial charge < -0.3 is 4.90 Å². The molecule has 27 heavy (non-hydrogen) atoms. The Morgan fingerprint density at radius 2 is 1.70 bits per heavy atom. The van der Waals surface area contributed by atoms with E-state index in [1.54, 1.807) is 10.9 Å². The lowest BCUT2D eigenvalue weighted by molar-refractivity contribution is 0.0992. The third kappa shape index (κ3) is 3.31. The molecule has 0 aliphatic rings. The zero-order valence-electron chi connectivity index (χ0n) is 15.3. The maximum atomic E-state index is 13.0. The van der Waals surface area contributed by atoms with E-state index in [0.29, 0.717) is 5.56 Å². The SMILES string of the molecule is CN(C)c1c(C(=O)Cc2ccc3ccccc3n2)cnn1-c1ccccc1. The van der Waals surface area contributed by atoms with Crippen molar-refractivity contribution >= 4 is 22.5 Å². The first-order chi connectivity index (χ1) is 13.1. The number of aromatic nitrogens is 3. The molecule has 5 heteroatoms. The summed E-state index contributed by atoms with van der Waals surface area (Å²) in [4.78, 5) is 19.5. The van der Waals surface area contributed by atoms with Crippen LogP contribution in [0.25, 0.3) is 16.6 Å². The zero-order chi connectivity index (χ0) is 18.8. The Morgan fingerprint density at radius 1 is 0.963 bits per heavy atom. The van der Waals surface area contributed by atoms with Gasteiger partial charge in [-0.15, -0.1) is 0 Å². The van der Waals surface area contributed by atoms with Gasteiger partial charge in [0.25, 0.3) is 0 Å². The van der Waals surface area contributed by atoms with Crippen LogP contribution in [0.5, 0.6) is 0 Å². The van der Waals surface area contributed by atoms with Crippen LogP contribution in [0.1, 0.15) is 16.1 Å². The third-order valence-corrected chi connectivity index (χ3v) is 4.47. The van der Waals surface area contributed by atoms with E-state index in [1.165, 1.54) is 0 Å². The highest BCUT2D eigenvalue weighted by molar-refractivity contribution is 6.02. The summed E-state index contributed by atoms with van der Waals surface area (Å²) in [5.74, 6) is 0.774. The maximum Gasteiger partial charge on any atom is 0.174 e. The molecule has 2 aromatic carbocycles. The average molecular weight is 356 g/mol. The molecule has 0 bridgehead atoms. The number of pyridine rings is 1. The fourth-order valence-electron chi connectivity index (χ4n) is 3.19. The number of carbonyl (C=O) groups is 1. The van der Waals surface area contributed by atoms with Crippen molar-refractivity contribution in [2.75, 3.05) is 19.0 Å². The maximum absolute atomic E-state index is 13.0. The molecule has 2 aromatic heterocycles. The van der Waals surface area contributed by atoms with Crippen LogP contribution < -0.4 is 4.90 Å². The monoisotopic (exact) mass is 356 g/mol. The van der Waals surface area contributed by atoms with Gasteiger partial charge in [0, 0.05) is 25.2 Å². The van der Waals surface area contributed by atoms with E-state index in [0.717, 1.165) is 28.1 Å². The molecule has 0 saturated heterocycles. The normalized spacial score (nSPS) is 10.9. The van der Waals surface area contributed by atoms with Gasteiger partial charge in [-0.1, -0.05) is 42.5 Å². The molecule has 0 unspecified atom stereocenters. The summed E-state index contributed by atoms with van der Waals surface area (Å²) in [7, 11) is 3.84. The van der Waals surface area contributed by atoms with Crippen molar-refractivity contribution in [1.82, 2.24) is 14.8 Å². The minimum absolute atomic E-state index is 0.00339. The number of benzene rings is 2. The van der Waals surface area contributed by atoms with Crippen LogP contribution in [0.15, 0.2) is 72.9 Å². The summed E-state index contributed by atoms with van der Waals surface area (Å²) < 4.78 is 1.79. The van der Waals surface area contributed by atoms with E-state index in [9.17, 15) is 4.79 Å². The highest BCUT2D eigenvalue weighted by atomic mass is 16.1. The molecule has 0 atom stereocenters. The fourth-order valence-corrected chi connectivity index (χ4v) is 3.19. The highest BCUT2D eigenvalue weighted by Crippen LogP contribution is 2.24. The molecule has 5 nitrogen and oxygen atoms in total. The number of nitrogens with zero attached hydrogens (tertiary/aromatic N) is 4. The van der Waals surface area contributed by atoms with Gasteiger partial charge in [-0.05, 0) is 24.3 Å². The molecule has 2 heterocycles. The Bertz CT molecular complexity index is 1100. The van der Waals surface area contributed by atoms with E-state index < -0.39 is 0 Å². The topological polar surface area (TPSA) is 51.0 Å². The summed E-state index contributed by atoms with van der Waals surface area (Å²) >= 11 is 0. The summed E-state index contributed by atoms with van der Waals surface area (Å²) in [5, 5.41) is 5.52. The fraction of sp³-hybridized carbons (Fsp3) is 0.136. The van der Waals surface area contributed by atoms with E-state index in [-0.39, 0.29) is 12.2 Å². The third-order valence-electron chi connectivity index (χ3n) is 4.47. The smallest absolute Gasteiger partial charge is 0.174 e. The number of hydrogen-bond donors (Lipinski definition) is 0. The minimum Gasteiger partial charge on any atom is -0.362 e. The highest BCUT2D eigenvalue weighted by Gasteiger charge is 2.20. The molecule has 134 valence electrons. The van der Waals surface area contributed by atoms with Gasteiger partial charge in [0.05, 0.1) is 29.4 Å². The van der Waals surface area contributed by atoms with Gasteiger partial charge in [-0.25, -0.2) is 4.68 Å². The second-order valence-electron chi connectivity index (χ2n) is 6.62. The van der Waals surface area contributed by atoms with E-state index in [4.69, 9.17) is 0 Å². The van der Waals surface area contributed by atoms with Crippen molar-refractivity contribution in [2.45, 2.75) is 6.42 Å². The molecule has 4 rings (SSSR count). The van der Waals surface area contributed by atoms with Crippen molar-refractivity contribution in [3.8, 4) is 5.69 Å². The quantitative estimate of drug-likeness (QED) is 0.509. The lowest BCUT2D eigenvalue weighted by Crippen LogP contribution is -2.18. The number of ketones is 1. The molecule has 0 spiro atoms. The van der Waals surface area contributed by atoms with Crippen molar-refractivity contribution in [3.05, 3.63) is 84.2 Å². The number of hydrogen-bond acceptors (Lipinski definition) is 4. The predicted octanol–water partition coefficient (Wildman–Crippen LogP) is 3.91. The number of rotatable bonds is 5. The number of carbonyl (C=O) groups excluding carboxylic acids is 1. The molecule has 4 aromatic rings. The first kappa shape index (κ1) is 17.0. The van der Waals surface area contributed by atoms with Crippen molar-refractivity contribution in [2.24, 2.45) is 0 Å². The Hall–Kier alpha value is -3.47. The first-order valence-corrected chi connectivity index (χ1v) is 8.82. The standard InChI is InChI=1S/C22H20N4O/c1-25(2)22-19(15-23-26(22)18-9-4-3-5-10-18)21(27)14-17-13-12-16-8-6-7-11-20(16)24-17/h3-13,15H,14H2,1-2H3. The second kappa shape index (κ2) is 7.03. The van der Waals surface area contributed by atoms with Crippen LogP contribution in [-0.2, 0) is 6.42 Å². The Kier molecular flexibility index (Phi) is 4.42.